The van der Waals surface area contributed by atoms with Gasteiger partial charge in [0, 0.05) is 0 Å². The second-order valence-electron chi connectivity index (χ2n) is 5.70. The quantitative estimate of drug-likeness (QED) is 0.639. The van der Waals surface area contributed by atoms with Gasteiger partial charge >= 0.3 is 0 Å². The van der Waals surface area contributed by atoms with E-state index in [0.717, 1.165) is 6.42 Å². The molecule has 3 aromatic rings. The number of nitrogens with zero attached hydrogens (tertiary/aromatic N) is 4. The third kappa shape index (κ3) is 3.52. The number of ether oxygens (including phenoxy) is 1. The molecule has 7 heteroatoms. The Hall–Kier alpha value is -2.51. The summed E-state index contributed by atoms with van der Waals surface area (Å²) < 4.78 is 7.57. The summed E-state index contributed by atoms with van der Waals surface area (Å²) in [6, 6.07) is 9.86. The molecular weight excluding hydrogens is 306 g/mol. The molecule has 0 saturated carbocycles. The van der Waals surface area contributed by atoms with Crippen molar-refractivity contribution in [3.8, 4) is 0 Å². The molecule has 7 nitrogen and oxygen atoms in total. The minimum Gasteiger partial charge on any atom is -0.391 e. The first kappa shape index (κ1) is 16.4. The topological polar surface area (TPSA) is 99.1 Å². The highest BCUT2D eigenvalue weighted by Gasteiger charge is 2.21. The Balaban J connectivity index is 1.67. The lowest BCUT2D eigenvalue weighted by Crippen LogP contribution is -2.26. The smallest absolute Gasteiger partial charge is 0.165 e. The summed E-state index contributed by atoms with van der Waals surface area (Å²) in [7, 11) is 0. The van der Waals surface area contributed by atoms with Crippen LogP contribution in [0.2, 0.25) is 0 Å². The van der Waals surface area contributed by atoms with Crippen LogP contribution in [0.5, 0.6) is 0 Å². The minimum absolute atomic E-state index is 0.292. The lowest BCUT2D eigenvalue weighted by molar-refractivity contribution is 0.0443. The Kier molecular flexibility index (Phi) is 5.02. The van der Waals surface area contributed by atoms with Gasteiger partial charge in [-0.15, -0.1) is 0 Å². The van der Waals surface area contributed by atoms with Gasteiger partial charge in [0.1, 0.15) is 11.8 Å². The molecule has 1 aromatic carbocycles. The second kappa shape index (κ2) is 7.37. The highest BCUT2D eigenvalue weighted by Crippen LogP contribution is 2.21. The molecule has 0 aliphatic carbocycles. The van der Waals surface area contributed by atoms with Crippen molar-refractivity contribution in [3.63, 3.8) is 0 Å². The zero-order valence-electron chi connectivity index (χ0n) is 13.5. The zero-order chi connectivity index (χ0) is 16.9. The van der Waals surface area contributed by atoms with E-state index in [1.807, 2.05) is 18.2 Å². The Morgan fingerprint density at radius 2 is 2.00 bits per heavy atom. The Labute approximate surface area is 140 Å². The molecule has 3 N–H and O–H groups in total. The van der Waals surface area contributed by atoms with Gasteiger partial charge in [0.05, 0.1) is 31.7 Å². The fourth-order valence-corrected chi connectivity index (χ4v) is 2.60. The largest absolute Gasteiger partial charge is 0.391 e. The van der Waals surface area contributed by atoms with Crippen LogP contribution in [0, 0.1) is 0 Å². The molecule has 0 fully saturated rings. The number of imidazole rings is 1. The predicted octanol–water partition coefficient (Wildman–Crippen LogP) is 1.59. The molecule has 2 aromatic heterocycles. The SMILES string of the molecule is C[C@H](O)C(COCCc1ccccc1)n1cnc2c(N)ncnc21. The number of fused-ring (bicyclic) bond motifs is 1. The van der Waals surface area contributed by atoms with Crippen molar-refractivity contribution in [2.45, 2.75) is 25.5 Å². The maximum absolute atomic E-state index is 10.1. The highest BCUT2D eigenvalue weighted by atomic mass is 16.5. The van der Waals surface area contributed by atoms with Crippen molar-refractivity contribution in [1.29, 1.82) is 0 Å². The minimum atomic E-state index is -0.615. The van der Waals surface area contributed by atoms with E-state index >= 15 is 0 Å². The second-order valence-corrected chi connectivity index (χ2v) is 5.70. The fourth-order valence-electron chi connectivity index (χ4n) is 2.60. The normalized spacial score (nSPS) is 13.9. The first-order valence-corrected chi connectivity index (χ1v) is 7.89. The van der Waals surface area contributed by atoms with Crippen LogP contribution in [0.25, 0.3) is 11.2 Å². The van der Waals surface area contributed by atoms with E-state index in [2.05, 4.69) is 27.1 Å². The molecule has 24 heavy (non-hydrogen) atoms. The molecule has 3 rings (SSSR count). The summed E-state index contributed by atoms with van der Waals surface area (Å²) in [4.78, 5) is 12.4. The van der Waals surface area contributed by atoms with Crippen LogP contribution in [0.4, 0.5) is 5.82 Å². The van der Waals surface area contributed by atoms with E-state index in [0.29, 0.717) is 30.2 Å². The number of hydrogen-bond acceptors (Lipinski definition) is 6. The van der Waals surface area contributed by atoms with Crippen LogP contribution in [-0.4, -0.2) is 43.9 Å². The molecular formula is C17H21N5O2. The number of hydrogen-bond donors (Lipinski definition) is 2. The van der Waals surface area contributed by atoms with Gasteiger partial charge in [-0.05, 0) is 18.9 Å². The first-order valence-electron chi connectivity index (χ1n) is 7.89. The average molecular weight is 327 g/mol. The summed E-state index contributed by atoms with van der Waals surface area (Å²) >= 11 is 0. The van der Waals surface area contributed by atoms with Crippen LogP contribution in [0.3, 0.4) is 0 Å². The molecule has 0 aliphatic rings. The van der Waals surface area contributed by atoms with Crippen molar-refractivity contribution in [2.24, 2.45) is 0 Å². The fraction of sp³-hybridized carbons (Fsp3) is 0.353. The maximum Gasteiger partial charge on any atom is 0.165 e. The Morgan fingerprint density at radius 3 is 2.75 bits per heavy atom. The van der Waals surface area contributed by atoms with E-state index in [9.17, 15) is 5.11 Å². The molecule has 0 bridgehead atoms. The monoisotopic (exact) mass is 327 g/mol. The first-order chi connectivity index (χ1) is 11.7. The molecule has 126 valence electrons. The molecule has 0 amide bonds. The third-order valence-electron chi connectivity index (χ3n) is 3.97. The van der Waals surface area contributed by atoms with Crippen molar-refractivity contribution >= 4 is 17.0 Å². The lowest BCUT2D eigenvalue weighted by Gasteiger charge is -2.21. The summed E-state index contributed by atoms with van der Waals surface area (Å²) in [6.45, 7) is 2.67. The van der Waals surface area contributed by atoms with Crippen molar-refractivity contribution in [3.05, 3.63) is 48.5 Å². The Bertz CT molecular complexity index is 788. The number of nitrogens with two attached hydrogens (primary N) is 1. The zero-order valence-corrected chi connectivity index (χ0v) is 13.5. The predicted molar refractivity (Wildman–Crippen MR) is 91.4 cm³/mol. The van der Waals surface area contributed by atoms with E-state index in [1.54, 1.807) is 17.8 Å². The maximum atomic E-state index is 10.1. The third-order valence-corrected chi connectivity index (χ3v) is 3.97. The average Bonchev–Trinajstić information content (AvgIpc) is 3.01. The number of aliphatic hydroxyl groups excluding tert-OH is 1. The van der Waals surface area contributed by atoms with Crippen LogP contribution in [-0.2, 0) is 11.2 Å². The molecule has 0 radical (unpaired) electrons. The van der Waals surface area contributed by atoms with Crippen LogP contribution >= 0.6 is 0 Å². The van der Waals surface area contributed by atoms with Crippen LogP contribution in [0.15, 0.2) is 43.0 Å². The summed E-state index contributed by atoms with van der Waals surface area (Å²) in [5.74, 6) is 0.327. The number of rotatable bonds is 7. The molecule has 1 unspecified atom stereocenters. The van der Waals surface area contributed by atoms with Gasteiger partial charge in [0.2, 0.25) is 0 Å². The summed E-state index contributed by atoms with van der Waals surface area (Å²) in [5, 5.41) is 10.1. The van der Waals surface area contributed by atoms with Crippen LogP contribution < -0.4 is 5.73 Å². The molecule has 0 saturated heterocycles. The van der Waals surface area contributed by atoms with Crippen molar-refractivity contribution in [1.82, 2.24) is 19.5 Å². The Morgan fingerprint density at radius 1 is 1.21 bits per heavy atom. The lowest BCUT2D eigenvalue weighted by atomic mass is 10.1. The molecule has 2 heterocycles. The number of nitrogen functional groups attached to an aromatic ring is 1. The van der Waals surface area contributed by atoms with Gasteiger partial charge < -0.3 is 20.1 Å². The van der Waals surface area contributed by atoms with Gasteiger partial charge in [-0.2, -0.15) is 0 Å². The molecule has 0 aliphatic heterocycles. The van der Waals surface area contributed by atoms with E-state index < -0.39 is 6.10 Å². The number of aliphatic hydroxyl groups is 1. The van der Waals surface area contributed by atoms with E-state index in [1.165, 1.54) is 11.9 Å². The van der Waals surface area contributed by atoms with Gasteiger partial charge in [-0.1, -0.05) is 30.3 Å². The molecule has 0 spiro atoms. The van der Waals surface area contributed by atoms with E-state index in [-0.39, 0.29) is 6.04 Å². The summed E-state index contributed by atoms with van der Waals surface area (Å²) in [5.41, 5.74) is 8.17. The van der Waals surface area contributed by atoms with Crippen molar-refractivity contribution in [2.75, 3.05) is 18.9 Å². The van der Waals surface area contributed by atoms with E-state index in [4.69, 9.17) is 10.5 Å². The molecule has 2 atom stereocenters. The van der Waals surface area contributed by atoms with Gasteiger partial charge in [-0.3, -0.25) is 0 Å². The number of anilines is 1. The summed E-state index contributed by atoms with van der Waals surface area (Å²) in [6.07, 6.45) is 3.22. The highest BCUT2D eigenvalue weighted by molar-refractivity contribution is 5.81. The van der Waals surface area contributed by atoms with Crippen molar-refractivity contribution < 1.29 is 9.84 Å². The number of aromatic nitrogens is 4. The number of benzene rings is 1. The van der Waals surface area contributed by atoms with Gasteiger partial charge in [0.15, 0.2) is 11.5 Å². The van der Waals surface area contributed by atoms with Gasteiger partial charge in [0.25, 0.3) is 0 Å². The standard InChI is InChI=1S/C17H21N5O2/c1-12(23)14(9-24-8-7-13-5-3-2-4-6-13)22-11-21-15-16(18)19-10-20-17(15)22/h2-6,10-12,14,23H,7-9H2,1H3,(H2,18,19,20)/t12-,14?/m0/s1. The van der Waals surface area contributed by atoms with Gasteiger partial charge in [-0.25, -0.2) is 15.0 Å². The van der Waals surface area contributed by atoms with Crippen LogP contribution in [0.1, 0.15) is 18.5 Å².